The Bertz CT molecular complexity index is 128. The van der Waals surface area contributed by atoms with Crippen molar-refractivity contribution in [3.8, 4) is 0 Å². The molecule has 0 amide bonds. The Hall–Kier alpha value is -0.790. The largest absolute Gasteiger partial charge is 0.465 e. The maximum absolute atomic E-state index is 10.7. The minimum absolute atomic E-state index is 0.180. The van der Waals surface area contributed by atoms with Gasteiger partial charge in [-0.2, -0.15) is 0 Å². The summed E-state index contributed by atoms with van der Waals surface area (Å²) in [5.41, 5.74) is 0. The van der Waals surface area contributed by atoms with Crippen LogP contribution in [0.25, 0.3) is 0 Å². The highest BCUT2D eigenvalue weighted by molar-refractivity contribution is 5.70. The standard InChI is InChI=1S/C9H16O2/c1-4-5-9(10)11-7-6-8(2)3/h4,8H,1,5-7H2,2-3H3. The predicted octanol–water partition coefficient (Wildman–Crippen LogP) is 2.15. The Morgan fingerprint density at radius 3 is 2.73 bits per heavy atom. The lowest BCUT2D eigenvalue weighted by molar-refractivity contribution is -0.142. The molecule has 2 heteroatoms. The fourth-order valence-corrected chi connectivity index (χ4v) is 0.585. The van der Waals surface area contributed by atoms with Crippen LogP contribution >= 0.6 is 0 Å². The fourth-order valence-electron chi connectivity index (χ4n) is 0.585. The van der Waals surface area contributed by atoms with Crippen molar-refractivity contribution < 1.29 is 9.53 Å². The lowest BCUT2D eigenvalue weighted by Gasteiger charge is -2.04. The molecule has 0 aromatic rings. The van der Waals surface area contributed by atoms with Crippen LogP contribution in [0.5, 0.6) is 0 Å². The first kappa shape index (κ1) is 10.2. The van der Waals surface area contributed by atoms with Crippen molar-refractivity contribution in [2.75, 3.05) is 6.61 Å². The molecule has 0 saturated heterocycles. The smallest absolute Gasteiger partial charge is 0.309 e. The number of carbonyl (C=O) groups excluding carboxylic acids is 1. The Morgan fingerprint density at radius 2 is 2.27 bits per heavy atom. The van der Waals surface area contributed by atoms with Gasteiger partial charge in [0.05, 0.1) is 13.0 Å². The molecule has 0 bridgehead atoms. The second-order valence-corrected chi connectivity index (χ2v) is 2.90. The Kier molecular flexibility index (Phi) is 5.53. The van der Waals surface area contributed by atoms with Crippen LogP contribution in [0.15, 0.2) is 12.7 Å². The van der Waals surface area contributed by atoms with Crippen LogP contribution in [-0.4, -0.2) is 12.6 Å². The molecule has 0 radical (unpaired) electrons. The SMILES string of the molecule is C=CCC(=O)OCCC(C)C. The van der Waals surface area contributed by atoms with E-state index in [1.807, 2.05) is 0 Å². The lowest BCUT2D eigenvalue weighted by atomic mass is 10.1. The minimum atomic E-state index is -0.180. The summed E-state index contributed by atoms with van der Waals surface area (Å²) in [5.74, 6) is 0.409. The molecule has 64 valence electrons. The predicted molar refractivity (Wildman–Crippen MR) is 45.2 cm³/mol. The van der Waals surface area contributed by atoms with Crippen molar-refractivity contribution in [3.05, 3.63) is 12.7 Å². The highest BCUT2D eigenvalue weighted by Gasteiger charge is 1.99. The van der Waals surface area contributed by atoms with Gasteiger partial charge in [-0.05, 0) is 12.3 Å². The first-order valence-electron chi connectivity index (χ1n) is 3.93. The molecule has 0 aliphatic heterocycles. The summed E-state index contributed by atoms with van der Waals surface area (Å²) in [6.45, 7) is 8.17. The molecule has 0 aliphatic carbocycles. The summed E-state index contributed by atoms with van der Waals surface area (Å²) in [7, 11) is 0. The second-order valence-electron chi connectivity index (χ2n) is 2.90. The van der Waals surface area contributed by atoms with Crippen LogP contribution in [0.3, 0.4) is 0 Å². The van der Waals surface area contributed by atoms with Crippen molar-refractivity contribution in [2.24, 2.45) is 5.92 Å². The average molecular weight is 156 g/mol. The zero-order chi connectivity index (χ0) is 8.69. The molecular formula is C9H16O2. The molecule has 0 aromatic heterocycles. The molecule has 0 heterocycles. The molecule has 0 aliphatic rings. The van der Waals surface area contributed by atoms with Gasteiger partial charge in [-0.25, -0.2) is 0 Å². The molecule has 0 N–H and O–H groups in total. The van der Waals surface area contributed by atoms with E-state index in [-0.39, 0.29) is 5.97 Å². The van der Waals surface area contributed by atoms with Crippen LogP contribution in [0.4, 0.5) is 0 Å². The number of esters is 1. The van der Waals surface area contributed by atoms with Gasteiger partial charge in [-0.3, -0.25) is 4.79 Å². The molecule has 0 fully saturated rings. The zero-order valence-electron chi connectivity index (χ0n) is 7.30. The number of rotatable bonds is 5. The number of ether oxygens (including phenoxy) is 1. The van der Waals surface area contributed by atoms with Gasteiger partial charge in [0.2, 0.25) is 0 Å². The summed E-state index contributed by atoms with van der Waals surface area (Å²) in [6.07, 6.45) is 2.80. The first-order valence-corrected chi connectivity index (χ1v) is 3.93. The highest BCUT2D eigenvalue weighted by atomic mass is 16.5. The first-order chi connectivity index (χ1) is 5.16. The summed E-state index contributed by atoms with van der Waals surface area (Å²) in [6, 6.07) is 0. The van der Waals surface area contributed by atoms with E-state index < -0.39 is 0 Å². The Labute approximate surface area is 68.2 Å². The quantitative estimate of drug-likeness (QED) is 0.450. The van der Waals surface area contributed by atoms with Crippen molar-refractivity contribution in [1.29, 1.82) is 0 Å². The van der Waals surface area contributed by atoms with Crippen LogP contribution < -0.4 is 0 Å². The topological polar surface area (TPSA) is 26.3 Å². The molecule has 0 unspecified atom stereocenters. The van der Waals surface area contributed by atoms with E-state index in [1.54, 1.807) is 6.08 Å². The van der Waals surface area contributed by atoms with Crippen molar-refractivity contribution in [3.63, 3.8) is 0 Å². The minimum Gasteiger partial charge on any atom is -0.465 e. The monoisotopic (exact) mass is 156 g/mol. The Balaban J connectivity index is 3.24. The Morgan fingerprint density at radius 1 is 1.64 bits per heavy atom. The van der Waals surface area contributed by atoms with Gasteiger partial charge in [0, 0.05) is 0 Å². The van der Waals surface area contributed by atoms with Gasteiger partial charge >= 0.3 is 5.97 Å². The number of hydrogen-bond acceptors (Lipinski definition) is 2. The second kappa shape index (κ2) is 5.96. The lowest BCUT2D eigenvalue weighted by Crippen LogP contribution is -2.06. The van der Waals surface area contributed by atoms with Gasteiger partial charge in [0.25, 0.3) is 0 Å². The molecule has 0 atom stereocenters. The molecule has 11 heavy (non-hydrogen) atoms. The van der Waals surface area contributed by atoms with E-state index >= 15 is 0 Å². The third kappa shape index (κ3) is 7.10. The number of carbonyl (C=O) groups is 1. The molecule has 2 nitrogen and oxygen atoms in total. The van der Waals surface area contributed by atoms with E-state index in [4.69, 9.17) is 4.74 Å². The van der Waals surface area contributed by atoms with E-state index in [2.05, 4.69) is 20.4 Å². The normalized spacial score (nSPS) is 9.73. The van der Waals surface area contributed by atoms with E-state index in [1.165, 1.54) is 0 Å². The summed E-state index contributed by atoms with van der Waals surface area (Å²) < 4.78 is 4.88. The van der Waals surface area contributed by atoms with Gasteiger partial charge in [0.1, 0.15) is 0 Å². The van der Waals surface area contributed by atoms with Gasteiger partial charge < -0.3 is 4.74 Å². The van der Waals surface area contributed by atoms with E-state index in [0.717, 1.165) is 6.42 Å². The van der Waals surface area contributed by atoms with E-state index in [9.17, 15) is 4.79 Å². The summed E-state index contributed by atoms with van der Waals surface area (Å²) in [4.78, 5) is 10.7. The number of hydrogen-bond donors (Lipinski definition) is 0. The fraction of sp³-hybridized carbons (Fsp3) is 0.667. The summed E-state index contributed by atoms with van der Waals surface area (Å²) >= 11 is 0. The van der Waals surface area contributed by atoms with Crippen LogP contribution in [0.2, 0.25) is 0 Å². The van der Waals surface area contributed by atoms with Gasteiger partial charge in [-0.1, -0.05) is 19.9 Å². The zero-order valence-corrected chi connectivity index (χ0v) is 7.30. The molecule has 0 saturated carbocycles. The maximum Gasteiger partial charge on any atom is 0.309 e. The maximum atomic E-state index is 10.7. The molecular weight excluding hydrogens is 140 g/mol. The van der Waals surface area contributed by atoms with Crippen LogP contribution in [0, 0.1) is 5.92 Å². The van der Waals surface area contributed by atoms with Crippen molar-refractivity contribution in [2.45, 2.75) is 26.7 Å². The van der Waals surface area contributed by atoms with Crippen LogP contribution in [-0.2, 0) is 9.53 Å². The molecule has 0 aromatic carbocycles. The molecule has 0 spiro atoms. The summed E-state index contributed by atoms with van der Waals surface area (Å²) in [5, 5.41) is 0. The third-order valence-electron chi connectivity index (χ3n) is 1.27. The van der Waals surface area contributed by atoms with Gasteiger partial charge in [0.15, 0.2) is 0 Å². The van der Waals surface area contributed by atoms with E-state index in [0.29, 0.717) is 18.9 Å². The van der Waals surface area contributed by atoms with Gasteiger partial charge in [-0.15, -0.1) is 6.58 Å². The average Bonchev–Trinajstić information content (AvgIpc) is 1.87. The molecule has 0 rings (SSSR count). The van der Waals surface area contributed by atoms with Crippen molar-refractivity contribution >= 4 is 5.97 Å². The van der Waals surface area contributed by atoms with Crippen molar-refractivity contribution in [1.82, 2.24) is 0 Å². The van der Waals surface area contributed by atoms with Crippen LogP contribution in [0.1, 0.15) is 26.7 Å². The highest BCUT2D eigenvalue weighted by Crippen LogP contribution is 1.99. The third-order valence-corrected chi connectivity index (χ3v) is 1.27.